The second-order valence-electron chi connectivity index (χ2n) is 4.17. The molecule has 2 rings (SSSR count). The van der Waals surface area contributed by atoms with E-state index >= 15 is 0 Å². The maximum atomic E-state index is 12.6. The number of urea groups is 1. The first-order chi connectivity index (χ1) is 10.3. The van der Waals surface area contributed by atoms with Gasteiger partial charge in [-0.1, -0.05) is 6.07 Å². The van der Waals surface area contributed by atoms with Gasteiger partial charge in [-0.05, 0) is 30.3 Å². The van der Waals surface area contributed by atoms with Crippen LogP contribution in [-0.4, -0.2) is 15.2 Å². The number of nitrogens with zero attached hydrogens (tertiary/aromatic N) is 1. The van der Waals surface area contributed by atoms with Gasteiger partial charge >= 0.3 is 12.2 Å². The summed E-state index contributed by atoms with van der Waals surface area (Å²) in [7, 11) is -1.87. The van der Waals surface area contributed by atoms with Crippen molar-refractivity contribution in [2.24, 2.45) is 5.73 Å². The molecule has 22 heavy (non-hydrogen) atoms. The fraction of sp³-hybridized carbons (Fsp3) is 0.0769. The van der Waals surface area contributed by atoms with Crippen molar-refractivity contribution in [1.82, 2.24) is 4.98 Å². The van der Waals surface area contributed by atoms with Crippen LogP contribution < -0.4 is 11.1 Å². The molecular formula is C13H10F3N3O2S. The van der Waals surface area contributed by atoms with Crippen molar-refractivity contribution in [3.05, 3.63) is 48.2 Å². The second kappa shape index (κ2) is 6.14. The van der Waals surface area contributed by atoms with E-state index in [9.17, 15) is 22.2 Å². The van der Waals surface area contributed by atoms with Crippen LogP contribution in [0.25, 0.3) is 0 Å². The molecule has 0 bridgehead atoms. The Labute approximate surface area is 125 Å². The number of anilines is 1. The highest BCUT2D eigenvalue weighted by Crippen LogP contribution is 2.30. The standard InChI is InChI=1S/C13H10F3N3O2S/c14-13(15,16)8-2-1-3-10(6-8)22(21)11-5-4-9(7-18-11)19-12(17)20/h1-7H,(H3,17,19,20). The van der Waals surface area contributed by atoms with E-state index in [4.69, 9.17) is 5.73 Å². The van der Waals surface area contributed by atoms with Crippen LogP contribution >= 0.6 is 0 Å². The zero-order valence-electron chi connectivity index (χ0n) is 10.9. The molecule has 1 aromatic carbocycles. The summed E-state index contributed by atoms with van der Waals surface area (Å²) >= 11 is 0. The Balaban J connectivity index is 2.26. The highest BCUT2D eigenvalue weighted by Gasteiger charge is 2.30. The van der Waals surface area contributed by atoms with Gasteiger partial charge in [0.25, 0.3) is 0 Å². The molecule has 3 N–H and O–H groups in total. The maximum Gasteiger partial charge on any atom is 0.416 e. The quantitative estimate of drug-likeness (QED) is 0.908. The SMILES string of the molecule is NC(=O)Nc1ccc(S(=O)c2cccc(C(F)(F)F)c2)nc1. The fourth-order valence-corrected chi connectivity index (χ4v) is 2.63. The summed E-state index contributed by atoms with van der Waals surface area (Å²) in [6.45, 7) is 0. The molecule has 116 valence electrons. The maximum absolute atomic E-state index is 12.6. The number of alkyl halides is 3. The number of rotatable bonds is 3. The number of benzene rings is 1. The van der Waals surface area contributed by atoms with Gasteiger partial charge in [0.1, 0.15) is 15.8 Å². The van der Waals surface area contributed by atoms with Crippen molar-refractivity contribution in [3.8, 4) is 0 Å². The number of amides is 2. The minimum Gasteiger partial charge on any atom is -0.351 e. The molecule has 0 fully saturated rings. The van der Waals surface area contributed by atoms with E-state index in [1.54, 1.807) is 0 Å². The van der Waals surface area contributed by atoms with Crippen LogP contribution in [0.3, 0.4) is 0 Å². The Hall–Kier alpha value is -2.42. The third kappa shape index (κ3) is 3.82. The van der Waals surface area contributed by atoms with E-state index in [2.05, 4.69) is 10.3 Å². The molecule has 1 aromatic heterocycles. The van der Waals surface area contributed by atoms with Gasteiger partial charge < -0.3 is 11.1 Å². The third-order valence-electron chi connectivity index (χ3n) is 2.57. The largest absolute Gasteiger partial charge is 0.416 e. The Morgan fingerprint density at radius 2 is 1.95 bits per heavy atom. The topological polar surface area (TPSA) is 85.1 Å². The first kappa shape index (κ1) is 16.0. The third-order valence-corrected chi connectivity index (χ3v) is 3.87. The first-order valence-electron chi connectivity index (χ1n) is 5.89. The van der Waals surface area contributed by atoms with Gasteiger partial charge in [0.15, 0.2) is 0 Å². The van der Waals surface area contributed by atoms with E-state index in [-0.39, 0.29) is 15.6 Å². The van der Waals surface area contributed by atoms with E-state index in [1.165, 1.54) is 30.5 Å². The summed E-state index contributed by atoms with van der Waals surface area (Å²) in [5, 5.41) is 2.33. The molecular weight excluding hydrogens is 319 g/mol. The molecule has 0 aliphatic rings. The van der Waals surface area contributed by atoms with Gasteiger partial charge in [0.05, 0.1) is 17.4 Å². The van der Waals surface area contributed by atoms with E-state index in [1.807, 2.05) is 0 Å². The first-order valence-corrected chi connectivity index (χ1v) is 7.04. The number of carbonyl (C=O) groups is 1. The van der Waals surface area contributed by atoms with Crippen molar-refractivity contribution in [1.29, 1.82) is 0 Å². The predicted molar refractivity (Wildman–Crippen MR) is 73.6 cm³/mol. The Morgan fingerprint density at radius 3 is 2.50 bits per heavy atom. The number of halogens is 3. The van der Waals surface area contributed by atoms with Crippen molar-refractivity contribution in [2.75, 3.05) is 5.32 Å². The average molecular weight is 329 g/mol. The lowest BCUT2D eigenvalue weighted by molar-refractivity contribution is -0.137. The molecule has 2 aromatic rings. The Morgan fingerprint density at radius 1 is 1.23 bits per heavy atom. The van der Waals surface area contributed by atoms with E-state index in [0.717, 1.165) is 12.1 Å². The monoisotopic (exact) mass is 329 g/mol. The smallest absolute Gasteiger partial charge is 0.351 e. The van der Waals surface area contributed by atoms with Gasteiger partial charge in [0.2, 0.25) is 0 Å². The molecule has 1 unspecified atom stereocenters. The Kier molecular flexibility index (Phi) is 4.45. The predicted octanol–water partition coefficient (Wildman–Crippen LogP) is 2.76. The van der Waals surface area contributed by atoms with E-state index < -0.39 is 28.6 Å². The molecule has 2 amide bonds. The lowest BCUT2D eigenvalue weighted by Crippen LogP contribution is -2.19. The summed E-state index contributed by atoms with van der Waals surface area (Å²) in [6, 6.07) is 6.16. The summed E-state index contributed by atoms with van der Waals surface area (Å²) in [6.07, 6.45) is -3.30. The molecule has 0 spiro atoms. The van der Waals surface area contributed by atoms with Crippen molar-refractivity contribution >= 4 is 22.5 Å². The van der Waals surface area contributed by atoms with Crippen LogP contribution in [0.4, 0.5) is 23.7 Å². The van der Waals surface area contributed by atoms with Crippen LogP contribution in [0.15, 0.2) is 52.5 Å². The van der Waals surface area contributed by atoms with Crippen LogP contribution in [0, 0.1) is 0 Å². The molecule has 1 atom stereocenters. The Bertz CT molecular complexity index is 717. The number of aromatic nitrogens is 1. The van der Waals surface area contributed by atoms with Crippen LogP contribution in [-0.2, 0) is 17.0 Å². The fourth-order valence-electron chi connectivity index (χ4n) is 1.61. The lowest BCUT2D eigenvalue weighted by atomic mass is 10.2. The summed E-state index contributed by atoms with van der Waals surface area (Å²) in [4.78, 5) is 14.5. The van der Waals surface area contributed by atoms with Crippen molar-refractivity contribution in [3.63, 3.8) is 0 Å². The summed E-state index contributed by atoms with van der Waals surface area (Å²) < 4.78 is 50.2. The highest BCUT2D eigenvalue weighted by molar-refractivity contribution is 7.85. The number of hydrogen-bond acceptors (Lipinski definition) is 3. The molecule has 0 aliphatic heterocycles. The lowest BCUT2D eigenvalue weighted by Gasteiger charge is -2.08. The normalized spacial score (nSPS) is 12.7. The number of nitrogens with two attached hydrogens (primary N) is 1. The molecule has 0 aliphatic carbocycles. The number of carbonyl (C=O) groups excluding carboxylic acids is 1. The zero-order valence-corrected chi connectivity index (χ0v) is 11.7. The van der Waals surface area contributed by atoms with Gasteiger partial charge in [-0.3, -0.25) is 0 Å². The average Bonchev–Trinajstić information content (AvgIpc) is 2.46. The van der Waals surface area contributed by atoms with Crippen LogP contribution in [0.1, 0.15) is 5.56 Å². The van der Waals surface area contributed by atoms with Crippen molar-refractivity contribution < 1.29 is 22.2 Å². The number of hydrogen-bond donors (Lipinski definition) is 2. The number of pyridine rings is 1. The van der Waals surface area contributed by atoms with Crippen molar-refractivity contribution in [2.45, 2.75) is 16.1 Å². The van der Waals surface area contributed by atoms with Gasteiger partial charge in [-0.2, -0.15) is 13.2 Å². The highest BCUT2D eigenvalue weighted by atomic mass is 32.2. The summed E-state index contributed by atoms with van der Waals surface area (Å²) in [5.74, 6) is 0. The van der Waals surface area contributed by atoms with Gasteiger partial charge in [-0.15, -0.1) is 0 Å². The summed E-state index contributed by atoms with van der Waals surface area (Å²) in [5.41, 5.74) is 4.33. The molecule has 9 heteroatoms. The van der Waals surface area contributed by atoms with E-state index in [0.29, 0.717) is 0 Å². The van der Waals surface area contributed by atoms with Gasteiger partial charge in [-0.25, -0.2) is 14.0 Å². The molecule has 0 saturated heterocycles. The van der Waals surface area contributed by atoms with Crippen LogP contribution in [0.2, 0.25) is 0 Å². The molecule has 0 saturated carbocycles. The second-order valence-corrected chi connectivity index (χ2v) is 5.60. The molecule has 0 radical (unpaired) electrons. The molecule has 5 nitrogen and oxygen atoms in total. The number of primary amides is 1. The minimum absolute atomic E-state index is 0.0158. The minimum atomic E-state index is -4.51. The van der Waals surface area contributed by atoms with Crippen LogP contribution in [0.5, 0.6) is 0 Å². The number of nitrogens with one attached hydrogen (secondary N) is 1. The molecule has 1 heterocycles. The van der Waals surface area contributed by atoms with Gasteiger partial charge in [0, 0.05) is 4.90 Å². The zero-order chi connectivity index (χ0) is 16.3.